The lowest BCUT2D eigenvalue weighted by molar-refractivity contribution is 0.248. The van der Waals surface area contributed by atoms with Gasteiger partial charge in [0.05, 0.1) is 24.6 Å². The molecule has 1 unspecified atom stereocenters. The fraction of sp³-hybridized carbons (Fsp3) is 0.462. The van der Waals surface area contributed by atoms with E-state index in [2.05, 4.69) is 11.2 Å². The van der Waals surface area contributed by atoms with Crippen molar-refractivity contribution in [1.29, 1.82) is 0 Å². The largest absolute Gasteiger partial charge is 0.270 e. The molecule has 1 heterocycles. The zero-order valence-electron chi connectivity index (χ0n) is 11.3. The van der Waals surface area contributed by atoms with Gasteiger partial charge in [-0.25, -0.2) is 0 Å². The molecule has 2 rings (SSSR count). The molecular formula is C13H18N2O3S. The van der Waals surface area contributed by atoms with Gasteiger partial charge in [0.15, 0.2) is 0 Å². The minimum absolute atomic E-state index is 0.0679. The van der Waals surface area contributed by atoms with E-state index < -0.39 is 10.1 Å². The Bertz CT molecular complexity index is 676. The summed E-state index contributed by atoms with van der Waals surface area (Å²) in [6, 6.07) is 6.16. The van der Waals surface area contributed by atoms with Crippen molar-refractivity contribution in [3.63, 3.8) is 0 Å². The van der Waals surface area contributed by atoms with Crippen LogP contribution in [0.25, 0.3) is 10.9 Å². The average molecular weight is 282 g/mol. The van der Waals surface area contributed by atoms with Crippen molar-refractivity contribution in [3.8, 4) is 0 Å². The molecule has 104 valence electrons. The van der Waals surface area contributed by atoms with Gasteiger partial charge >= 0.3 is 0 Å². The van der Waals surface area contributed by atoms with Crippen LogP contribution in [0.1, 0.15) is 12.5 Å². The molecule has 0 saturated heterocycles. The number of rotatable bonds is 5. The summed E-state index contributed by atoms with van der Waals surface area (Å²) >= 11 is 0. The highest BCUT2D eigenvalue weighted by Gasteiger charge is 2.11. The summed E-state index contributed by atoms with van der Waals surface area (Å²) in [6.45, 7) is 4.77. The lowest BCUT2D eigenvalue weighted by Gasteiger charge is -2.12. The summed E-state index contributed by atoms with van der Waals surface area (Å²) < 4.78 is 28.6. The minimum Gasteiger partial charge on any atom is -0.270 e. The quantitative estimate of drug-likeness (QED) is 0.786. The van der Waals surface area contributed by atoms with Crippen molar-refractivity contribution in [2.24, 2.45) is 5.92 Å². The Labute approximate surface area is 113 Å². The third-order valence-electron chi connectivity index (χ3n) is 2.85. The van der Waals surface area contributed by atoms with Crippen LogP contribution in [0.3, 0.4) is 0 Å². The third-order valence-corrected chi connectivity index (χ3v) is 3.42. The van der Waals surface area contributed by atoms with Gasteiger partial charge in [-0.1, -0.05) is 19.1 Å². The van der Waals surface area contributed by atoms with E-state index in [1.54, 1.807) is 0 Å². The first kappa shape index (κ1) is 14.0. The van der Waals surface area contributed by atoms with Crippen LogP contribution in [0.5, 0.6) is 0 Å². The monoisotopic (exact) mass is 282 g/mol. The third kappa shape index (κ3) is 3.78. The summed E-state index contributed by atoms with van der Waals surface area (Å²) in [5, 5.41) is 5.42. The van der Waals surface area contributed by atoms with Crippen molar-refractivity contribution >= 4 is 21.0 Å². The second-order valence-electron chi connectivity index (χ2n) is 4.98. The highest BCUT2D eigenvalue weighted by Crippen LogP contribution is 2.16. The first-order valence-corrected chi connectivity index (χ1v) is 7.93. The fourth-order valence-electron chi connectivity index (χ4n) is 1.91. The number of nitrogens with zero attached hydrogens (tertiary/aromatic N) is 2. The van der Waals surface area contributed by atoms with Gasteiger partial charge in [0, 0.05) is 17.8 Å². The SMILES string of the molecule is Cc1ccc2cnn(CC(C)COS(C)(=O)=O)c2c1. The van der Waals surface area contributed by atoms with E-state index in [0.29, 0.717) is 6.54 Å². The van der Waals surface area contributed by atoms with Gasteiger partial charge in [-0.15, -0.1) is 0 Å². The molecule has 0 N–H and O–H groups in total. The Kier molecular flexibility index (Phi) is 3.91. The molecule has 0 aliphatic heterocycles. The fourth-order valence-corrected chi connectivity index (χ4v) is 2.39. The summed E-state index contributed by atoms with van der Waals surface area (Å²) in [4.78, 5) is 0. The second-order valence-corrected chi connectivity index (χ2v) is 6.63. The average Bonchev–Trinajstić information content (AvgIpc) is 2.68. The Morgan fingerprint density at radius 1 is 1.42 bits per heavy atom. The Morgan fingerprint density at radius 3 is 2.84 bits per heavy atom. The van der Waals surface area contributed by atoms with Gasteiger partial charge in [-0.2, -0.15) is 13.5 Å². The zero-order chi connectivity index (χ0) is 14.0. The number of benzene rings is 1. The molecule has 0 amide bonds. The van der Waals surface area contributed by atoms with Crippen LogP contribution < -0.4 is 0 Å². The van der Waals surface area contributed by atoms with Crippen LogP contribution in [0, 0.1) is 12.8 Å². The summed E-state index contributed by atoms with van der Waals surface area (Å²) in [5.41, 5.74) is 2.24. The minimum atomic E-state index is -3.38. The van der Waals surface area contributed by atoms with E-state index in [9.17, 15) is 8.42 Å². The molecule has 1 atom stereocenters. The number of aromatic nitrogens is 2. The van der Waals surface area contributed by atoms with E-state index in [1.807, 2.05) is 36.9 Å². The molecule has 0 aliphatic carbocycles. The normalized spacial score (nSPS) is 13.8. The molecule has 0 fully saturated rings. The van der Waals surface area contributed by atoms with Crippen molar-refractivity contribution in [2.75, 3.05) is 12.9 Å². The summed E-state index contributed by atoms with van der Waals surface area (Å²) in [7, 11) is -3.38. The van der Waals surface area contributed by atoms with Gasteiger partial charge in [0.25, 0.3) is 10.1 Å². The highest BCUT2D eigenvalue weighted by atomic mass is 32.2. The van der Waals surface area contributed by atoms with E-state index in [4.69, 9.17) is 4.18 Å². The maximum atomic E-state index is 11.0. The van der Waals surface area contributed by atoms with Crippen molar-refractivity contribution < 1.29 is 12.6 Å². The number of fused-ring (bicyclic) bond motifs is 1. The van der Waals surface area contributed by atoms with Crippen LogP contribution in [-0.4, -0.2) is 31.1 Å². The predicted octanol–water partition coefficient (Wildman–Crippen LogP) is 1.96. The predicted molar refractivity (Wildman–Crippen MR) is 74.4 cm³/mol. The van der Waals surface area contributed by atoms with E-state index >= 15 is 0 Å². The Morgan fingerprint density at radius 2 is 2.16 bits per heavy atom. The second kappa shape index (κ2) is 5.30. The maximum absolute atomic E-state index is 11.0. The standard InChI is InChI=1S/C13H18N2O3S/c1-10-4-5-12-7-14-15(13(12)6-10)8-11(2)9-18-19(3,16)17/h4-7,11H,8-9H2,1-3H3. The molecule has 0 radical (unpaired) electrons. The smallest absolute Gasteiger partial charge is 0.264 e. The lowest BCUT2D eigenvalue weighted by Crippen LogP contribution is -2.16. The molecule has 1 aromatic carbocycles. The highest BCUT2D eigenvalue weighted by molar-refractivity contribution is 7.85. The lowest BCUT2D eigenvalue weighted by atomic mass is 10.1. The van der Waals surface area contributed by atoms with Gasteiger partial charge < -0.3 is 0 Å². The molecule has 0 saturated carbocycles. The van der Waals surface area contributed by atoms with Gasteiger partial charge in [-0.05, 0) is 18.6 Å². The van der Waals surface area contributed by atoms with Crippen molar-refractivity contribution in [3.05, 3.63) is 30.0 Å². The maximum Gasteiger partial charge on any atom is 0.264 e. The molecule has 1 aromatic heterocycles. The molecule has 2 aromatic rings. The van der Waals surface area contributed by atoms with Crippen LogP contribution in [-0.2, 0) is 20.8 Å². The van der Waals surface area contributed by atoms with E-state index in [0.717, 1.165) is 17.2 Å². The molecule has 6 heteroatoms. The first-order chi connectivity index (χ1) is 8.85. The zero-order valence-corrected chi connectivity index (χ0v) is 12.1. The summed E-state index contributed by atoms with van der Waals surface area (Å²) in [5.74, 6) is 0.0679. The van der Waals surface area contributed by atoms with Crippen LogP contribution in [0.2, 0.25) is 0 Å². The Balaban J connectivity index is 2.11. The number of aryl methyl sites for hydroxylation is 1. The van der Waals surface area contributed by atoms with Crippen molar-refractivity contribution in [2.45, 2.75) is 20.4 Å². The van der Waals surface area contributed by atoms with Gasteiger partial charge in [0.2, 0.25) is 0 Å². The topological polar surface area (TPSA) is 61.2 Å². The number of hydrogen-bond donors (Lipinski definition) is 0. The number of hydrogen-bond acceptors (Lipinski definition) is 4. The van der Waals surface area contributed by atoms with E-state index in [-0.39, 0.29) is 12.5 Å². The van der Waals surface area contributed by atoms with Crippen LogP contribution in [0.15, 0.2) is 24.4 Å². The summed E-state index contributed by atoms with van der Waals surface area (Å²) in [6.07, 6.45) is 2.88. The van der Waals surface area contributed by atoms with Crippen molar-refractivity contribution in [1.82, 2.24) is 9.78 Å². The van der Waals surface area contributed by atoms with E-state index in [1.165, 1.54) is 5.56 Å². The van der Waals surface area contributed by atoms with Gasteiger partial charge in [0.1, 0.15) is 0 Å². The molecule has 5 nitrogen and oxygen atoms in total. The first-order valence-electron chi connectivity index (χ1n) is 6.12. The Hall–Kier alpha value is -1.40. The van der Waals surface area contributed by atoms with Gasteiger partial charge in [-0.3, -0.25) is 8.86 Å². The molecule has 0 aliphatic rings. The molecule has 0 spiro atoms. The van der Waals surface area contributed by atoms with Crippen LogP contribution in [0.4, 0.5) is 0 Å². The molecule has 0 bridgehead atoms. The molecular weight excluding hydrogens is 264 g/mol. The van der Waals surface area contributed by atoms with Crippen LogP contribution >= 0.6 is 0 Å². The molecule has 19 heavy (non-hydrogen) atoms.